The van der Waals surface area contributed by atoms with Crippen LogP contribution in [0.1, 0.15) is 19.4 Å². The molecule has 180 valence electrons. The Morgan fingerprint density at radius 3 is 2.36 bits per heavy atom. The first-order valence-corrected chi connectivity index (χ1v) is 11.7. The normalized spacial score (nSPS) is 12.8. The summed E-state index contributed by atoms with van der Waals surface area (Å²) in [5.74, 6) is -0.134. The number of alkyl halides is 2. The van der Waals surface area contributed by atoms with Gasteiger partial charge in [0.1, 0.15) is 5.75 Å². The second-order valence-corrected chi connectivity index (χ2v) is 8.67. The van der Waals surface area contributed by atoms with Gasteiger partial charge in [0.15, 0.2) is 4.84 Å². The minimum atomic E-state index is -1.14. The molecule has 0 radical (unpaired) electrons. The van der Waals surface area contributed by atoms with Crippen LogP contribution >= 0.6 is 23.2 Å². The molecule has 2 rings (SSSR count). The van der Waals surface area contributed by atoms with Crippen molar-refractivity contribution in [2.45, 2.75) is 31.3 Å². The number of amides is 2. The van der Waals surface area contributed by atoms with Crippen LogP contribution in [-0.2, 0) is 20.9 Å². The molecule has 0 aliphatic rings. The number of hydrogen-bond donors (Lipinski definition) is 2. The van der Waals surface area contributed by atoms with Crippen molar-refractivity contribution >= 4 is 40.7 Å². The number of nitrogens with zero attached hydrogens (tertiary/aromatic N) is 1. The lowest BCUT2D eigenvalue weighted by molar-refractivity contribution is -0.130. The van der Waals surface area contributed by atoms with E-state index in [2.05, 4.69) is 5.32 Å². The predicted molar refractivity (Wildman–Crippen MR) is 132 cm³/mol. The van der Waals surface area contributed by atoms with Crippen molar-refractivity contribution < 1.29 is 19.1 Å². The number of benzene rings is 2. The van der Waals surface area contributed by atoms with Gasteiger partial charge in [-0.15, -0.1) is 0 Å². The van der Waals surface area contributed by atoms with Crippen molar-refractivity contribution in [1.29, 1.82) is 0 Å². The number of rotatable bonds is 13. The summed E-state index contributed by atoms with van der Waals surface area (Å²) < 4.78 is 11.0. The topological polar surface area (TPSA) is 93.9 Å². The predicted octanol–water partition coefficient (Wildman–Crippen LogP) is 3.84. The number of nitrogens with one attached hydrogen (secondary N) is 1. The summed E-state index contributed by atoms with van der Waals surface area (Å²) in [4.78, 5) is 25.2. The van der Waals surface area contributed by atoms with Gasteiger partial charge in [-0.25, -0.2) is 0 Å². The number of anilines is 1. The molecule has 2 amide bonds. The lowest BCUT2D eigenvalue weighted by atomic mass is 10.0. The van der Waals surface area contributed by atoms with Crippen molar-refractivity contribution in [3.05, 3.63) is 60.2 Å². The number of carbonyl (C=O) groups is 2. The van der Waals surface area contributed by atoms with Crippen molar-refractivity contribution in [2.24, 2.45) is 11.7 Å². The van der Waals surface area contributed by atoms with Crippen molar-refractivity contribution in [1.82, 2.24) is 4.90 Å². The maximum atomic E-state index is 12.6. The number of hydrogen-bond acceptors (Lipinski definition) is 5. The molecule has 0 heterocycles. The van der Waals surface area contributed by atoms with Gasteiger partial charge in [0.25, 0.3) is 5.91 Å². The third-order valence-corrected chi connectivity index (χ3v) is 5.35. The summed E-state index contributed by atoms with van der Waals surface area (Å²) >= 11 is 11.5. The minimum absolute atomic E-state index is 0.187. The molecule has 1 unspecified atom stereocenters. The molecule has 0 saturated heterocycles. The molecule has 0 aliphatic heterocycles. The maximum absolute atomic E-state index is 12.6. The fourth-order valence-corrected chi connectivity index (χ4v) is 3.25. The SMILES string of the molecule is CCOCCN(Cc1ccc(NC(=O)[C@@H](N)C(C)COc2ccccc2)cc1)C(=O)C(Cl)Cl. The van der Waals surface area contributed by atoms with E-state index in [1.807, 2.05) is 56.3 Å². The van der Waals surface area contributed by atoms with Crippen LogP contribution in [0.3, 0.4) is 0 Å². The first kappa shape index (κ1) is 26.9. The van der Waals surface area contributed by atoms with Crippen LogP contribution in [0, 0.1) is 5.92 Å². The highest BCUT2D eigenvalue weighted by molar-refractivity contribution is 6.53. The number of carbonyl (C=O) groups excluding carboxylic acids is 2. The summed E-state index contributed by atoms with van der Waals surface area (Å²) in [6.07, 6.45) is 0. The second kappa shape index (κ2) is 14.1. The molecule has 0 bridgehead atoms. The van der Waals surface area contributed by atoms with E-state index >= 15 is 0 Å². The third-order valence-electron chi connectivity index (χ3n) is 4.97. The van der Waals surface area contributed by atoms with E-state index in [1.54, 1.807) is 12.1 Å². The smallest absolute Gasteiger partial charge is 0.256 e. The number of halogens is 2. The average molecular weight is 496 g/mol. The van der Waals surface area contributed by atoms with Crippen LogP contribution in [0.5, 0.6) is 5.75 Å². The monoisotopic (exact) mass is 495 g/mol. The van der Waals surface area contributed by atoms with Crippen LogP contribution < -0.4 is 15.8 Å². The Labute approximate surface area is 205 Å². The largest absolute Gasteiger partial charge is 0.493 e. The Morgan fingerprint density at radius 1 is 1.09 bits per heavy atom. The highest BCUT2D eigenvalue weighted by atomic mass is 35.5. The van der Waals surface area contributed by atoms with Crippen LogP contribution in [0.25, 0.3) is 0 Å². The Morgan fingerprint density at radius 2 is 1.76 bits per heavy atom. The summed E-state index contributed by atoms with van der Waals surface area (Å²) in [5.41, 5.74) is 7.58. The van der Waals surface area contributed by atoms with Crippen LogP contribution in [0.15, 0.2) is 54.6 Å². The minimum Gasteiger partial charge on any atom is -0.493 e. The van der Waals surface area contributed by atoms with Gasteiger partial charge in [-0.1, -0.05) is 60.5 Å². The maximum Gasteiger partial charge on any atom is 0.256 e. The molecule has 0 fully saturated rings. The molecular weight excluding hydrogens is 465 g/mol. The van der Waals surface area contributed by atoms with E-state index in [9.17, 15) is 9.59 Å². The molecule has 0 aromatic heterocycles. The zero-order chi connectivity index (χ0) is 24.2. The lowest BCUT2D eigenvalue weighted by Gasteiger charge is -2.23. The number of nitrogens with two attached hydrogens (primary N) is 1. The lowest BCUT2D eigenvalue weighted by Crippen LogP contribution is -2.43. The van der Waals surface area contributed by atoms with E-state index in [-0.39, 0.29) is 17.7 Å². The number of ether oxygens (including phenoxy) is 2. The standard InChI is InChI=1S/C24H31Cl2N3O4/c1-3-32-14-13-29(24(31)22(25)26)15-18-9-11-19(12-10-18)28-23(30)21(27)17(2)16-33-20-7-5-4-6-8-20/h4-12,17,21-22H,3,13-16,27H2,1-2H3,(H,28,30)/t17?,21-/m0/s1. The fourth-order valence-electron chi connectivity index (χ4n) is 2.97. The highest BCUT2D eigenvalue weighted by Crippen LogP contribution is 2.16. The summed E-state index contributed by atoms with van der Waals surface area (Å²) in [7, 11) is 0. The highest BCUT2D eigenvalue weighted by Gasteiger charge is 2.22. The first-order chi connectivity index (χ1) is 15.8. The van der Waals surface area contributed by atoms with E-state index in [0.717, 1.165) is 11.3 Å². The van der Waals surface area contributed by atoms with Crippen molar-refractivity contribution in [2.75, 3.05) is 31.7 Å². The molecule has 33 heavy (non-hydrogen) atoms. The Kier molecular flexibility index (Phi) is 11.5. The average Bonchev–Trinajstić information content (AvgIpc) is 2.82. The van der Waals surface area contributed by atoms with Crippen LogP contribution in [0.2, 0.25) is 0 Å². The molecule has 0 aliphatic carbocycles. The molecular formula is C24H31Cl2N3O4. The molecule has 7 nitrogen and oxygen atoms in total. The quantitative estimate of drug-likeness (QED) is 0.325. The molecule has 2 aromatic carbocycles. The van der Waals surface area contributed by atoms with E-state index < -0.39 is 10.9 Å². The van der Waals surface area contributed by atoms with Crippen molar-refractivity contribution in [3.8, 4) is 5.75 Å². The zero-order valence-electron chi connectivity index (χ0n) is 18.9. The van der Waals surface area contributed by atoms with Crippen molar-refractivity contribution in [3.63, 3.8) is 0 Å². The summed E-state index contributed by atoms with van der Waals surface area (Å²) in [5, 5.41) is 2.82. The molecule has 9 heteroatoms. The molecule has 2 atom stereocenters. The van der Waals surface area contributed by atoms with Crippen LogP contribution in [-0.4, -0.2) is 54.0 Å². The van der Waals surface area contributed by atoms with Gasteiger partial charge in [0, 0.05) is 31.3 Å². The first-order valence-electron chi connectivity index (χ1n) is 10.8. The number of para-hydroxylation sites is 1. The molecule has 0 spiro atoms. The third kappa shape index (κ3) is 9.21. The Bertz CT molecular complexity index is 866. The summed E-state index contributed by atoms with van der Waals surface area (Å²) in [6, 6.07) is 15.8. The second-order valence-electron chi connectivity index (χ2n) is 7.57. The summed E-state index contributed by atoms with van der Waals surface area (Å²) in [6.45, 7) is 5.72. The zero-order valence-corrected chi connectivity index (χ0v) is 20.4. The van der Waals surface area contributed by atoms with Gasteiger partial charge in [-0.3, -0.25) is 9.59 Å². The van der Waals surface area contributed by atoms with E-state index in [1.165, 1.54) is 4.90 Å². The van der Waals surface area contributed by atoms with Gasteiger partial charge >= 0.3 is 0 Å². The van der Waals surface area contributed by atoms with Crippen LogP contribution in [0.4, 0.5) is 5.69 Å². The molecule has 2 aromatic rings. The molecule has 3 N–H and O–H groups in total. The van der Waals surface area contributed by atoms with E-state index in [0.29, 0.717) is 38.6 Å². The van der Waals surface area contributed by atoms with Gasteiger partial charge in [0.2, 0.25) is 5.91 Å². The van der Waals surface area contributed by atoms with Gasteiger partial charge in [0.05, 0.1) is 19.3 Å². The van der Waals surface area contributed by atoms with Gasteiger partial charge in [-0.2, -0.15) is 0 Å². The van der Waals surface area contributed by atoms with Gasteiger partial charge in [-0.05, 0) is 36.8 Å². The Balaban J connectivity index is 1.89. The molecule has 0 saturated carbocycles. The van der Waals surface area contributed by atoms with Gasteiger partial charge < -0.3 is 25.4 Å². The Hall–Kier alpha value is -2.32. The van der Waals surface area contributed by atoms with E-state index in [4.69, 9.17) is 38.4 Å². The fraction of sp³-hybridized carbons (Fsp3) is 0.417.